The van der Waals surface area contributed by atoms with Gasteiger partial charge in [0.05, 0.1) is 24.0 Å². The Balaban J connectivity index is 2.13. The fraction of sp³-hybridized carbons (Fsp3) is 0.438. The summed E-state index contributed by atoms with van der Waals surface area (Å²) in [6.07, 6.45) is 4.04. The van der Waals surface area contributed by atoms with Gasteiger partial charge in [0.1, 0.15) is 5.52 Å². The summed E-state index contributed by atoms with van der Waals surface area (Å²) in [6, 6.07) is 0.0644. The van der Waals surface area contributed by atoms with Crippen molar-refractivity contribution < 1.29 is 9.90 Å². The van der Waals surface area contributed by atoms with Crippen LogP contribution in [0, 0.1) is 11.8 Å². The molecular weight excluding hydrogens is 324 g/mol. The average Bonchev–Trinajstić information content (AvgIpc) is 3.14. The highest BCUT2D eigenvalue weighted by Crippen LogP contribution is 2.27. The summed E-state index contributed by atoms with van der Waals surface area (Å²) in [5, 5.41) is 17.3. The Kier molecular flexibility index (Phi) is 4.15. The zero-order chi connectivity index (χ0) is 18.3. The van der Waals surface area contributed by atoms with E-state index >= 15 is 0 Å². The fourth-order valence-corrected chi connectivity index (χ4v) is 3.18. The van der Waals surface area contributed by atoms with Crippen LogP contribution in [0.1, 0.15) is 44.1 Å². The number of aromatic carboxylic acids is 1. The highest BCUT2D eigenvalue weighted by molar-refractivity contribution is 5.87. The van der Waals surface area contributed by atoms with Crippen LogP contribution in [0.2, 0.25) is 0 Å². The maximum Gasteiger partial charge on any atom is 0.338 e. The monoisotopic (exact) mass is 344 g/mol. The van der Waals surface area contributed by atoms with Crippen molar-refractivity contribution in [2.75, 3.05) is 0 Å². The lowest BCUT2D eigenvalue weighted by Crippen LogP contribution is -2.25. The van der Waals surface area contributed by atoms with Crippen molar-refractivity contribution in [2.24, 2.45) is 11.8 Å². The Labute approximate surface area is 143 Å². The summed E-state index contributed by atoms with van der Waals surface area (Å²) >= 11 is 0. The van der Waals surface area contributed by atoms with Gasteiger partial charge < -0.3 is 5.11 Å². The predicted octanol–water partition coefficient (Wildman–Crippen LogP) is 1.86. The molecule has 0 aliphatic carbocycles. The number of carboxylic acid groups (broad SMARTS) is 1. The molecule has 25 heavy (non-hydrogen) atoms. The van der Waals surface area contributed by atoms with Crippen molar-refractivity contribution >= 4 is 17.0 Å². The lowest BCUT2D eigenvalue weighted by molar-refractivity contribution is 0.0697. The molecule has 3 heterocycles. The normalized spacial score (nSPS) is 12.0. The zero-order valence-corrected chi connectivity index (χ0v) is 14.5. The molecule has 0 atom stereocenters. The topological polar surface area (TPSA) is 119 Å². The van der Waals surface area contributed by atoms with Crippen molar-refractivity contribution in [3.8, 4) is 5.95 Å². The summed E-state index contributed by atoms with van der Waals surface area (Å²) in [5.74, 6) is -0.354. The minimum Gasteiger partial charge on any atom is -0.478 e. The predicted molar refractivity (Wildman–Crippen MR) is 90.9 cm³/mol. The average molecular weight is 344 g/mol. The summed E-state index contributed by atoms with van der Waals surface area (Å²) in [5.41, 5.74) is 0.522. The van der Waals surface area contributed by atoms with Crippen LogP contribution in [0.5, 0.6) is 0 Å². The molecule has 0 saturated heterocycles. The first-order valence-corrected chi connectivity index (χ1v) is 8.05. The van der Waals surface area contributed by atoms with E-state index in [1.807, 2.05) is 0 Å². The van der Waals surface area contributed by atoms with E-state index in [0.29, 0.717) is 22.9 Å². The van der Waals surface area contributed by atoms with Crippen LogP contribution in [-0.4, -0.2) is 40.6 Å². The SMILES string of the molecule is CC(C)C(C(C)C)n1ncc2nc(-n3cc(C(=O)O)cn3)[nH]c(=O)c21. The van der Waals surface area contributed by atoms with E-state index in [1.165, 1.54) is 17.1 Å². The van der Waals surface area contributed by atoms with Gasteiger partial charge in [0.2, 0.25) is 5.95 Å². The quantitative estimate of drug-likeness (QED) is 0.729. The maximum atomic E-state index is 12.6. The maximum absolute atomic E-state index is 12.6. The summed E-state index contributed by atoms with van der Waals surface area (Å²) < 4.78 is 2.95. The van der Waals surface area contributed by atoms with Crippen molar-refractivity contribution in [1.29, 1.82) is 0 Å². The molecule has 0 spiro atoms. The molecule has 132 valence electrons. The molecular formula is C16H20N6O3. The van der Waals surface area contributed by atoms with E-state index in [1.54, 1.807) is 10.9 Å². The van der Waals surface area contributed by atoms with Gasteiger partial charge in [-0.1, -0.05) is 27.7 Å². The molecule has 3 rings (SSSR count). The molecule has 0 amide bonds. The molecule has 0 aromatic carbocycles. The summed E-state index contributed by atoms with van der Waals surface area (Å²) in [7, 11) is 0. The second-order valence-corrected chi connectivity index (χ2v) is 6.67. The summed E-state index contributed by atoms with van der Waals surface area (Å²) in [6.45, 7) is 8.35. The van der Waals surface area contributed by atoms with E-state index in [2.05, 4.69) is 47.9 Å². The van der Waals surface area contributed by atoms with Crippen molar-refractivity contribution in [1.82, 2.24) is 29.5 Å². The number of carbonyl (C=O) groups is 1. The van der Waals surface area contributed by atoms with Gasteiger partial charge in [0, 0.05) is 6.20 Å². The number of aromatic amines is 1. The van der Waals surface area contributed by atoms with Crippen LogP contribution in [0.15, 0.2) is 23.4 Å². The van der Waals surface area contributed by atoms with Crippen LogP contribution in [0.4, 0.5) is 0 Å². The van der Waals surface area contributed by atoms with Crippen LogP contribution >= 0.6 is 0 Å². The first-order valence-electron chi connectivity index (χ1n) is 8.05. The van der Waals surface area contributed by atoms with E-state index in [9.17, 15) is 9.59 Å². The number of carboxylic acids is 1. The third-order valence-electron chi connectivity index (χ3n) is 4.14. The molecule has 3 aromatic heterocycles. The van der Waals surface area contributed by atoms with Gasteiger partial charge in [0.15, 0.2) is 5.52 Å². The molecule has 9 heteroatoms. The van der Waals surface area contributed by atoms with Gasteiger partial charge in [-0.3, -0.25) is 14.5 Å². The lowest BCUT2D eigenvalue weighted by atomic mass is 9.93. The van der Waals surface area contributed by atoms with Crippen LogP contribution < -0.4 is 5.56 Å². The van der Waals surface area contributed by atoms with Gasteiger partial charge in [-0.15, -0.1) is 0 Å². The van der Waals surface area contributed by atoms with Gasteiger partial charge in [-0.2, -0.15) is 10.2 Å². The van der Waals surface area contributed by atoms with E-state index in [4.69, 9.17) is 5.11 Å². The van der Waals surface area contributed by atoms with E-state index in [-0.39, 0.29) is 23.1 Å². The first kappa shape index (κ1) is 16.9. The molecule has 9 nitrogen and oxygen atoms in total. The van der Waals surface area contributed by atoms with Gasteiger partial charge in [-0.25, -0.2) is 14.5 Å². The Hall–Kier alpha value is -2.97. The highest BCUT2D eigenvalue weighted by atomic mass is 16.4. The number of aromatic nitrogens is 6. The van der Waals surface area contributed by atoms with Crippen LogP contribution in [-0.2, 0) is 0 Å². The summed E-state index contributed by atoms with van der Waals surface area (Å²) in [4.78, 5) is 30.6. The minimum absolute atomic E-state index is 0.0121. The van der Waals surface area contributed by atoms with Gasteiger partial charge >= 0.3 is 5.97 Å². The minimum atomic E-state index is -1.10. The fourth-order valence-electron chi connectivity index (χ4n) is 3.18. The number of rotatable bonds is 5. The van der Waals surface area contributed by atoms with Crippen molar-refractivity contribution in [3.63, 3.8) is 0 Å². The molecule has 0 aliphatic rings. The second kappa shape index (κ2) is 6.15. The number of nitrogens with zero attached hydrogens (tertiary/aromatic N) is 5. The Morgan fingerprint density at radius 3 is 2.40 bits per heavy atom. The number of fused-ring (bicyclic) bond motifs is 1. The number of H-pyrrole nitrogens is 1. The molecule has 0 saturated carbocycles. The zero-order valence-electron chi connectivity index (χ0n) is 14.5. The number of hydrogen-bond acceptors (Lipinski definition) is 5. The standard InChI is InChI=1S/C16H20N6O3/c1-8(2)12(9(3)4)22-13-11(6-18-22)19-16(20-14(13)23)21-7-10(5-17-21)15(24)25/h5-9,12H,1-4H3,(H,24,25)(H,19,20,23). The lowest BCUT2D eigenvalue weighted by Gasteiger charge is -2.25. The Morgan fingerprint density at radius 1 is 1.16 bits per heavy atom. The Morgan fingerprint density at radius 2 is 1.84 bits per heavy atom. The van der Waals surface area contributed by atoms with Crippen LogP contribution in [0.25, 0.3) is 17.0 Å². The third-order valence-corrected chi connectivity index (χ3v) is 4.14. The number of nitrogens with one attached hydrogen (secondary N) is 1. The molecule has 0 fully saturated rings. The Bertz CT molecular complexity index is 973. The van der Waals surface area contributed by atoms with Crippen molar-refractivity contribution in [3.05, 3.63) is 34.5 Å². The first-order chi connectivity index (χ1) is 11.8. The van der Waals surface area contributed by atoms with E-state index < -0.39 is 5.97 Å². The van der Waals surface area contributed by atoms with Crippen molar-refractivity contribution in [2.45, 2.75) is 33.7 Å². The molecule has 0 aliphatic heterocycles. The molecule has 0 unspecified atom stereocenters. The van der Waals surface area contributed by atoms with Gasteiger partial charge in [0.25, 0.3) is 5.56 Å². The van der Waals surface area contributed by atoms with E-state index in [0.717, 1.165) is 0 Å². The molecule has 3 aromatic rings. The van der Waals surface area contributed by atoms with Gasteiger partial charge in [-0.05, 0) is 11.8 Å². The highest BCUT2D eigenvalue weighted by Gasteiger charge is 2.24. The van der Waals surface area contributed by atoms with Crippen LogP contribution in [0.3, 0.4) is 0 Å². The third kappa shape index (κ3) is 2.92. The number of hydrogen-bond donors (Lipinski definition) is 2. The second-order valence-electron chi connectivity index (χ2n) is 6.67. The molecule has 0 radical (unpaired) electrons. The molecule has 2 N–H and O–H groups in total. The largest absolute Gasteiger partial charge is 0.478 e. The molecule has 0 bridgehead atoms. The smallest absolute Gasteiger partial charge is 0.338 e.